The van der Waals surface area contributed by atoms with Crippen molar-refractivity contribution in [2.75, 3.05) is 13.1 Å². The van der Waals surface area contributed by atoms with Crippen LogP contribution in [0, 0.1) is 11.3 Å². The van der Waals surface area contributed by atoms with Gasteiger partial charge >= 0.3 is 0 Å². The smallest absolute Gasteiger partial charge is 0.222 e. The highest BCUT2D eigenvalue weighted by Crippen LogP contribution is 2.32. The van der Waals surface area contributed by atoms with Crippen LogP contribution in [0.2, 0.25) is 0 Å². The summed E-state index contributed by atoms with van der Waals surface area (Å²) in [5.74, 6) is 0.968. The van der Waals surface area contributed by atoms with Gasteiger partial charge in [-0.25, -0.2) is 0 Å². The zero-order chi connectivity index (χ0) is 14.6. The largest absolute Gasteiger partial charge is 0.393 e. The summed E-state index contributed by atoms with van der Waals surface area (Å²) in [5, 5.41) is 0. The summed E-state index contributed by atoms with van der Waals surface area (Å²) in [6.45, 7) is 3.77. The Morgan fingerprint density at radius 2 is 1.75 bits per heavy atom. The second-order valence-electron chi connectivity index (χ2n) is 6.87. The molecule has 0 spiro atoms. The summed E-state index contributed by atoms with van der Waals surface area (Å²) >= 11 is 5.15. The molecule has 20 heavy (non-hydrogen) atoms. The van der Waals surface area contributed by atoms with E-state index in [4.69, 9.17) is 18.0 Å². The van der Waals surface area contributed by atoms with Gasteiger partial charge in [-0.15, -0.1) is 0 Å². The van der Waals surface area contributed by atoms with Crippen LogP contribution in [0.4, 0.5) is 0 Å². The SMILES string of the molecule is CC1(C(N)=S)CCN(C(=O)CC2CCCCCC2)CC1. The zero-order valence-corrected chi connectivity index (χ0v) is 13.5. The van der Waals surface area contributed by atoms with E-state index < -0.39 is 0 Å². The molecule has 3 nitrogen and oxygen atoms in total. The van der Waals surface area contributed by atoms with Crippen molar-refractivity contribution in [1.82, 2.24) is 4.90 Å². The predicted molar refractivity (Wildman–Crippen MR) is 86.5 cm³/mol. The van der Waals surface area contributed by atoms with Crippen molar-refractivity contribution in [3.05, 3.63) is 0 Å². The maximum absolute atomic E-state index is 12.4. The van der Waals surface area contributed by atoms with Gasteiger partial charge < -0.3 is 10.6 Å². The van der Waals surface area contributed by atoms with Crippen molar-refractivity contribution in [1.29, 1.82) is 0 Å². The molecule has 0 aromatic rings. The quantitative estimate of drug-likeness (QED) is 0.642. The summed E-state index contributed by atoms with van der Waals surface area (Å²) in [5.41, 5.74) is 5.77. The second kappa shape index (κ2) is 6.88. The summed E-state index contributed by atoms with van der Waals surface area (Å²) < 4.78 is 0. The monoisotopic (exact) mass is 296 g/mol. The Kier molecular flexibility index (Phi) is 5.42. The molecule has 1 saturated heterocycles. The topological polar surface area (TPSA) is 46.3 Å². The van der Waals surface area contributed by atoms with E-state index in [1.54, 1.807) is 0 Å². The number of piperidine rings is 1. The molecule has 1 saturated carbocycles. The van der Waals surface area contributed by atoms with Gasteiger partial charge in [0.2, 0.25) is 5.91 Å². The van der Waals surface area contributed by atoms with Crippen LogP contribution in [0.1, 0.15) is 64.7 Å². The van der Waals surface area contributed by atoms with Crippen LogP contribution in [0.3, 0.4) is 0 Å². The number of rotatable bonds is 3. The van der Waals surface area contributed by atoms with Crippen LogP contribution in [0.5, 0.6) is 0 Å². The van der Waals surface area contributed by atoms with Crippen LogP contribution in [0.25, 0.3) is 0 Å². The molecule has 1 amide bonds. The maximum atomic E-state index is 12.4. The van der Waals surface area contributed by atoms with Gasteiger partial charge in [-0.2, -0.15) is 0 Å². The third-order valence-corrected chi connectivity index (χ3v) is 5.75. The Bertz CT molecular complexity index is 353. The van der Waals surface area contributed by atoms with Gasteiger partial charge in [0.15, 0.2) is 0 Å². The summed E-state index contributed by atoms with van der Waals surface area (Å²) in [7, 11) is 0. The van der Waals surface area contributed by atoms with Gasteiger partial charge in [0.05, 0.1) is 4.99 Å². The van der Waals surface area contributed by atoms with E-state index in [9.17, 15) is 4.79 Å². The van der Waals surface area contributed by atoms with E-state index in [1.165, 1.54) is 38.5 Å². The number of nitrogens with zero attached hydrogens (tertiary/aromatic N) is 1. The second-order valence-corrected chi connectivity index (χ2v) is 7.31. The van der Waals surface area contributed by atoms with Crippen LogP contribution in [0.15, 0.2) is 0 Å². The molecule has 0 aromatic heterocycles. The summed E-state index contributed by atoms with van der Waals surface area (Å²) in [6.07, 6.45) is 10.4. The van der Waals surface area contributed by atoms with Crippen LogP contribution in [-0.2, 0) is 4.79 Å². The van der Waals surface area contributed by atoms with Crippen LogP contribution >= 0.6 is 12.2 Å². The average Bonchev–Trinajstić information content (AvgIpc) is 2.68. The summed E-state index contributed by atoms with van der Waals surface area (Å²) in [4.78, 5) is 15.1. The normalized spacial score (nSPS) is 24.1. The lowest BCUT2D eigenvalue weighted by atomic mass is 9.80. The molecule has 0 radical (unpaired) electrons. The van der Waals surface area contributed by atoms with Crippen molar-refractivity contribution >= 4 is 23.1 Å². The highest BCUT2D eigenvalue weighted by Gasteiger charge is 2.34. The Labute approximate surface area is 128 Å². The van der Waals surface area contributed by atoms with Crippen molar-refractivity contribution < 1.29 is 4.79 Å². The fourth-order valence-electron chi connectivity index (χ4n) is 3.44. The first kappa shape index (κ1) is 15.7. The molecule has 0 bridgehead atoms. The minimum Gasteiger partial charge on any atom is -0.393 e. The molecule has 0 unspecified atom stereocenters. The van der Waals surface area contributed by atoms with E-state index in [0.717, 1.165) is 32.4 Å². The minimum absolute atomic E-state index is 0.0472. The fraction of sp³-hybridized carbons (Fsp3) is 0.875. The number of hydrogen-bond acceptors (Lipinski definition) is 2. The third kappa shape index (κ3) is 3.94. The number of hydrogen-bond donors (Lipinski definition) is 1. The molecular weight excluding hydrogens is 268 g/mol. The van der Waals surface area contributed by atoms with Crippen molar-refractivity contribution in [3.8, 4) is 0 Å². The maximum Gasteiger partial charge on any atom is 0.222 e. The fourth-order valence-corrected chi connectivity index (χ4v) is 3.64. The molecule has 4 heteroatoms. The van der Waals surface area contributed by atoms with Crippen LogP contribution in [-0.4, -0.2) is 28.9 Å². The highest BCUT2D eigenvalue weighted by atomic mass is 32.1. The molecule has 0 aromatic carbocycles. The first-order valence-electron chi connectivity index (χ1n) is 8.09. The average molecular weight is 296 g/mol. The molecule has 2 rings (SSSR count). The van der Waals surface area contributed by atoms with Crippen molar-refractivity contribution in [2.45, 2.75) is 64.7 Å². The van der Waals surface area contributed by atoms with E-state index in [-0.39, 0.29) is 5.41 Å². The van der Waals surface area contributed by atoms with Gasteiger partial charge in [0.25, 0.3) is 0 Å². The van der Waals surface area contributed by atoms with E-state index in [2.05, 4.69) is 6.92 Å². The van der Waals surface area contributed by atoms with Gasteiger partial charge in [0, 0.05) is 24.9 Å². The number of thiocarbonyl (C=S) groups is 1. The van der Waals surface area contributed by atoms with Crippen molar-refractivity contribution in [3.63, 3.8) is 0 Å². The van der Waals surface area contributed by atoms with Gasteiger partial charge in [-0.3, -0.25) is 4.79 Å². The molecule has 1 aliphatic heterocycles. The van der Waals surface area contributed by atoms with Crippen LogP contribution < -0.4 is 5.73 Å². The van der Waals surface area contributed by atoms with Gasteiger partial charge in [-0.05, 0) is 31.6 Å². The first-order chi connectivity index (χ1) is 9.51. The predicted octanol–water partition coefficient (Wildman–Crippen LogP) is 3.26. The highest BCUT2D eigenvalue weighted by molar-refractivity contribution is 7.80. The lowest BCUT2D eigenvalue weighted by Crippen LogP contribution is -2.47. The first-order valence-corrected chi connectivity index (χ1v) is 8.50. The number of carbonyl (C=O) groups excluding carboxylic acids is 1. The molecule has 2 aliphatic rings. The van der Waals surface area contributed by atoms with Gasteiger partial charge in [-0.1, -0.05) is 44.8 Å². The third-order valence-electron chi connectivity index (χ3n) is 5.25. The Balaban J connectivity index is 1.81. The van der Waals surface area contributed by atoms with E-state index >= 15 is 0 Å². The van der Waals surface area contributed by atoms with E-state index in [0.29, 0.717) is 16.8 Å². The van der Waals surface area contributed by atoms with Crippen molar-refractivity contribution in [2.24, 2.45) is 17.1 Å². The Morgan fingerprint density at radius 1 is 1.20 bits per heavy atom. The number of amides is 1. The summed E-state index contributed by atoms with van der Waals surface area (Å²) in [6, 6.07) is 0. The molecule has 0 atom stereocenters. The Hall–Kier alpha value is -0.640. The molecule has 2 fully saturated rings. The lowest BCUT2D eigenvalue weighted by molar-refractivity contribution is -0.134. The molecule has 2 N–H and O–H groups in total. The van der Waals surface area contributed by atoms with Gasteiger partial charge in [0.1, 0.15) is 0 Å². The molecule has 1 heterocycles. The van der Waals surface area contributed by atoms with E-state index in [1.807, 2.05) is 4.90 Å². The number of likely N-dealkylation sites (tertiary alicyclic amines) is 1. The molecular formula is C16H28N2OS. The number of carbonyl (C=O) groups is 1. The number of nitrogens with two attached hydrogens (primary N) is 1. The minimum atomic E-state index is -0.0472. The zero-order valence-electron chi connectivity index (χ0n) is 12.7. The lowest BCUT2D eigenvalue weighted by Gasteiger charge is -2.39. The molecule has 1 aliphatic carbocycles. The molecule has 114 valence electrons. The standard InChI is InChI=1S/C16H28N2OS/c1-16(15(17)20)8-10-18(11-9-16)14(19)12-13-6-4-2-3-5-7-13/h13H,2-12H2,1H3,(H2,17,20). The Morgan fingerprint density at radius 3 is 2.25 bits per heavy atom.